The first-order chi connectivity index (χ1) is 16.4. The van der Waals surface area contributed by atoms with Gasteiger partial charge in [0.15, 0.2) is 5.95 Å². The van der Waals surface area contributed by atoms with Crippen molar-refractivity contribution in [2.75, 3.05) is 10.6 Å². The lowest BCUT2D eigenvalue weighted by molar-refractivity contribution is -0.137. The number of carboxylic acid groups (broad SMARTS) is 1. The summed E-state index contributed by atoms with van der Waals surface area (Å²) in [5.41, 5.74) is 6.13. The summed E-state index contributed by atoms with van der Waals surface area (Å²) in [5.74, 6) is -0.546. The van der Waals surface area contributed by atoms with Crippen LogP contribution >= 0.6 is 0 Å². The molecule has 0 fully saturated rings. The molecule has 8 heteroatoms. The van der Waals surface area contributed by atoms with Crippen LogP contribution in [0, 0.1) is 12.7 Å². The molecule has 0 amide bonds. The van der Waals surface area contributed by atoms with Gasteiger partial charge in [0, 0.05) is 42.9 Å². The Bertz CT molecular complexity index is 1250. The number of nitrogens with zero attached hydrogens (tertiary/aromatic N) is 1. The zero-order valence-electron chi connectivity index (χ0n) is 19.2. The van der Waals surface area contributed by atoms with Gasteiger partial charge in [-0.1, -0.05) is 31.2 Å². The van der Waals surface area contributed by atoms with Gasteiger partial charge in [0.05, 0.1) is 0 Å². The van der Waals surface area contributed by atoms with E-state index >= 15 is 0 Å². The standard InChI is InChI=1S/C26H28FN5O2/c1-3-19-13-21(27)10-16(2)24(19)32-23(25(33)34)11-17-4-6-20(7-5-17)22-12-18(14-30-22)15-31-26-28-8-9-29-26/h4-10,12-14,23,30,32H,3,11,15H2,1-2H3,(H,33,34)(H2,28,29,31). The van der Waals surface area contributed by atoms with Crippen molar-refractivity contribution in [3.8, 4) is 11.3 Å². The molecule has 0 aliphatic carbocycles. The van der Waals surface area contributed by atoms with E-state index in [2.05, 4.69) is 31.7 Å². The van der Waals surface area contributed by atoms with Crippen LogP contribution in [0.25, 0.3) is 11.3 Å². The summed E-state index contributed by atoms with van der Waals surface area (Å²) in [6.45, 7) is 4.34. The molecule has 34 heavy (non-hydrogen) atoms. The van der Waals surface area contributed by atoms with Gasteiger partial charge >= 0.3 is 5.97 Å². The van der Waals surface area contributed by atoms with Crippen molar-refractivity contribution >= 4 is 17.6 Å². The minimum Gasteiger partial charge on any atom is -0.480 e. The zero-order chi connectivity index (χ0) is 24.1. The van der Waals surface area contributed by atoms with Gasteiger partial charge in [0.25, 0.3) is 0 Å². The van der Waals surface area contributed by atoms with Gasteiger partial charge in [0.2, 0.25) is 0 Å². The predicted octanol–water partition coefficient (Wildman–Crippen LogP) is 5.13. The molecule has 0 aliphatic heterocycles. The minimum absolute atomic E-state index is 0.304. The molecule has 4 rings (SSSR count). The third-order valence-electron chi connectivity index (χ3n) is 5.79. The zero-order valence-corrected chi connectivity index (χ0v) is 19.2. The molecule has 5 N–H and O–H groups in total. The fraction of sp³-hybridized carbons (Fsp3) is 0.231. The van der Waals surface area contributed by atoms with Crippen molar-refractivity contribution in [3.05, 3.63) is 89.1 Å². The van der Waals surface area contributed by atoms with Gasteiger partial charge in [0.1, 0.15) is 11.9 Å². The van der Waals surface area contributed by atoms with Crippen LogP contribution in [0.1, 0.15) is 29.2 Å². The number of hydrogen-bond donors (Lipinski definition) is 5. The number of aryl methyl sites for hydroxylation is 2. The summed E-state index contributed by atoms with van der Waals surface area (Å²) < 4.78 is 13.8. The van der Waals surface area contributed by atoms with Crippen molar-refractivity contribution in [2.45, 2.75) is 39.3 Å². The maximum atomic E-state index is 13.8. The van der Waals surface area contributed by atoms with Crippen LogP contribution in [0.4, 0.5) is 16.0 Å². The molecule has 0 aliphatic rings. The maximum Gasteiger partial charge on any atom is 0.326 e. The van der Waals surface area contributed by atoms with Gasteiger partial charge in [-0.05, 0) is 59.4 Å². The molecule has 176 valence electrons. The predicted molar refractivity (Wildman–Crippen MR) is 131 cm³/mol. The topological polar surface area (TPSA) is 106 Å². The van der Waals surface area contributed by atoms with Crippen molar-refractivity contribution in [3.63, 3.8) is 0 Å². The Balaban J connectivity index is 1.43. The summed E-state index contributed by atoms with van der Waals surface area (Å²) >= 11 is 0. The number of benzene rings is 2. The van der Waals surface area contributed by atoms with Gasteiger partial charge < -0.3 is 25.7 Å². The summed E-state index contributed by atoms with van der Waals surface area (Å²) in [6.07, 6.45) is 6.32. The molecule has 0 radical (unpaired) electrons. The van der Waals surface area contributed by atoms with Gasteiger partial charge in [-0.2, -0.15) is 0 Å². The molecular formula is C26H28FN5O2. The van der Waals surface area contributed by atoms with Crippen LogP contribution in [-0.4, -0.2) is 32.1 Å². The van der Waals surface area contributed by atoms with E-state index in [0.717, 1.165) is 33.9 Å². The lowest BCUT2D eigenvalue weighted by atomic mass is 10.0. The van der Waals surface area contributed by atoms with E-state index in [9.17, 15) is 14.3 Å². The molecule has 4 aromatic rings. The number of nitrogens with one attached hydrogen (secondary N) is 4. The molecular weight excluding hydrogens is 433 g/mol. The number of anilines is 2. The van der Waals surface area contributed by atoms with E-state index in [1.54, 1.807) is 19.3 Å². The highest BCUT2D eigenvalue weighted by molar-refractivity contribution is 5.79. The number of H-pyrrole nitrogens is 2. The number of aromatic nitrogens is 3. The largest absolute Gasteiger partial charge is 0.480 e. The SMILES string of the molecule is CCc1cc(F)cc(C)c1NC(Cc1ccc(-c2cc(CNc3ncc[nH]3)c[nH]2)cc1)C(=O)O. The molecule has 2 heterocycles. The third kappa shape index (κ3) is 5.46. The monoisotopic (exact) mass is 461 g/mol. The minimum atomic E-state index is -0.951. The number of aromatic amines is 2. The lowest BCUT2D eigenvalue weighted by Gasteiger charge is -2.20. The lowest BCUT2D eigenvalue weighted by Crippen LogP contribution is -2.32. The maximum absolute atomic E-state index is 13.8. The molecule has 1 unspecified atom stereocenters. The fourth-order valence-corrected chi connectivity index (χ4v) is 3.98. The highest BCUT2D eigenvalue weighted by Gasteiger charge is 2.20. The van der Waals surface area contributed by atoms with Crippen LogP contribution in [0.15, 0.2) is 61.1 Å². The second kappa shape index (κ2) is 10.2. The van der Waals surface area contributed by atoms with Gasteiger partial charge in [-0.15, -0.1) is 0 Å². The van der Waals surface area contributed by atoms with Crippen LogP contribution in [0.3, 0.4) is 0 Å². The first-order valence-electron chi connectivity index (χ1n) is 11.2. The first-order valence-corrected chi connectivity index (χ1v) is 11.2. The van der Waals surface area contributed by atoms with Gasteiger partial charge in [-0.3, -0.25) is 0 Å². The number of carboxylic acids is 1. The summed E-state index contributed by atoms with van der Waals surface area (Å²) in [7, 11) is 0. The summed E-state index contributed by atoms with van der Waals surface area (Å²) in [4.78, 5) is 22.4. The molecule has 0 spiro atoms. The van der Waals surface area contributed by atoms with E-state index in [-0.39, 0.29) is 5.82 Å². The summed E-state index contributed by atoms with van der Waals surface area (Å²) in [6, 6.07) is 11.9. The average molecular weight is 462 g/mol. The highest BCUT2D eigenvalue weighted by Crippen LogP contribution is 2.25. The highest BCUT2D eigenvalue weighted by atomic mass is 19.1. The van der Waals surface area contributed by atoms with E-state index in [4.69, 9.17) is 0 Å². The van der Waals surface area contributed by atoms with Crippen molar-refractivity contribution in [2.24, 2.45) is 0 Å². The number of carbonyl (C=O) groups is 1. The van der Waals surface area contributed by atoms with Crippen molar-refractivity contribution in [1.29, 1.82) is 0 Å². The Kier molecular flexibility index (Phi) is 6.96. The normalized spacial score (nSPS) is 11.9. The molecule has 2 aromatic heterocycles. The van der Waals surface area contributed by atoms with E-state index in [1.807, 2.05) is 37.4 Å². The smallest absolute Gasteiger partial charge is 0.326 e. The van der Waals surface area contributed by atoms with Crippen LogP contribution < -0.4 is 10.6 Å². The average Bonchev–Trinajstić information content (AvgIpc) is 3.51. The van der Waals surface area contributed by atoms with E-state index in [0.29, 0.717) is 30.6 Å². The Morgan fingerprint density at radius 3 is 2.62 bits per heavy atom. The van der Waals surface area contributed by atoms with E-state index < -0.39 is 12.0 Å². The Labute approximate surface area is 197 Å². The Hall–Kier alpha value is -4.07. The number of aliphatic carboxylic acids is 1. The van der Waals surface area contributed by atoms with Crippen molar-refractivity contribution in [1.82, 2.24) is 15.0 Å². The van der Waals surface area contributed by atoms with Crippen LogP contribution in [-0.2, 0) is 24.2 Å². The molecule has 0 saturated heterocycles. The molecule has 2 aromatic carbocycles. The Morgan fingerprint density at radius 1 is 1.15 bits per heavy atom. The fourth-order valence-electron chi connectivity index (χ4n) is 3.98. The quantitative estimate of drug-likeness (QED) is 0.225. The van der Waals surface area contributed by atoms with Crippen LogP contribution in [0.2, 0.25) is 0 Å². The molecule has 1 atom stereocenters. The Morgan fingerprint density at radius 2 is 1.94 bits per heavy atom. The number of imidazole rings is 1. The van der Waals surface area contributed by atoms with Crippen molar-refractivity contribution < 1.29 is 14.3 Å². The second-order valence-electron chi connectivity index (χ2n) is 8.26. The van der Waals surface area contributed by atoms with Crippen LogP contribution in [0.5, 0.6) is 0 Å². The number of halogens is 1. The first kappa shape index (κ1) is 23.1. The van der Waals surface area contributed by atoms with E-state index in [1.165, 1.54) is 12.1 Å². The third-order valence-corrected chi connectivity index (χ3v) is 5.79. The second-order valence-corrected chi connectivity index (χ2v) is 8.26. The molecule has 0 bridgehead atoms. The van der Waals surface area contributed by atoms with Gasteiger partial charge in [-0.25, -0.2) is 14.2 Å². The molecule has 7 nitrogen and oxygen atoms in total. The number of hydrogen-bond acceptors (Lipinski definition) is 4. The summed E-state index contributed by atoms with van der Waals surface area (Å²) in [5, 5.41) is 16.1. The number of rotatable bonds is 10. The molecule has 0 saturated carbocycles.